The van der Waals surface area contributed by atoms with Gasteiger partial charge in [0.1, 0.15) is 16.3 Å². The number of aliphatic hydroxyl groups excluding tert-OH is 1. The smallest absolute Gasteiger partial charge is 0.200 e. The molecular formula is C20H11NO2S. The van der Waals surface area contributed by atoms with Gasteiger partial charge >= 0.3 is 0 Å². The van der Waals surface area contributed by atoms with E-state index in [1.54, 1.807) is 18.2 Å². The van der Waals surface area contributed by atoms with Crippen molar-refractivity contribution in [2.45, 2.75) is 0 Å². The first-order valence-corrected chi connectivity index (χ1v) is 8.42. The Labute approximate surface area is 141 Å². The molecule has 4 aromatic rings. The third-order valence-electron chi connectivity index (χ3n) is 4.39. The third kappa shape index (κ3) is 1.71. The van der Waals surface area contributed by atoms with Crippen LogP contribution in [-0.2, 0) is 0 Å². The van der Waals surface area contributed by atoms with Gasteiger partial charge in [0.2, 0.25) is 5.78 Å². The summed E-state index contributed by atoms with van der Waals surface area (Å²) in [5, 5.41) is 13.3. The molecule has 0 radical (unpaired) electrons. The van der Waals surface area contributed by atoms with Crippen LogP contribution < -0.4 is 0 Å². The van der Waals surface area contributed by atoms with E-state index < -0.39 is 0 Å². The summed E-state index contributed by atoms with van der Waals surface area (Å²) in [6, 6.07) is 19.2. The zero-order valence-corrected chi connectivity index (χ0v) is 13.3. The molecule has 0 bridgehead atoms. The molecule has 0 unspecified atom stereocenters. The Morgan fingerprint density at radius 1 is 0.875 bits per heavy atom. The quantitative estimate of drug-likeness (QED) is 0.530. The summed E-state index contributed by atoms with van der Waals surface area (Å²) in [6.07, 6.45) is 0. The number of nitrogens with zero attached hydrogens (tertiary/aromatic N) is 1. The van der Waals surface area contributed by atoms with E-state index in [0.717, 1.165) is 21.0 Å². The van der Waals surface area contributed by atoms with Gasteiger partial charge in [-0.1, -0.05) is 54.6 Å². The molecule has 1 N–H and O–H groups in total. The number of aromatic nitrogens is 1. The summed E-state index contributed by atoms with van der Waals surface area (Å²) in [5.74, 6) is -0.134. The van der Waals surface area contributed by atoms with Crippen LogP contribution in [0.1, 0.15) is 20.9 Å². The second-order valence-electron chi connectivity index (χ2n) is 5.75. The van der Waals surface area contributed by atoms with Crippen LogP contribution in [0.3, 0.4) is 0 Å². The van der Waals surface area contributed by atoms with E-state index in [2.05, 4.69) is 11.1 Å². The number of allylic oxidation sites excluding steroid dienone is 1. The normalized spacial score (nSPS) is 13.9. The standard InChI is InChI=1S/C20H11NO2S/c22-18-13-7-3-4-8-14(13)19(23)16(18)20-21-17-12-6-2-1-5-11(12)9-10-15(17)24-20/h1-10,22H. The van der Waals surface area contributed by atoms with E-state index in [1.807, 2.05) is 36.4 Å². The lowest BCUT2D eigenvalue weighted by Crippen LogP contribution is -1.97. The van der Waals surface area contributed by atoms with Gasteiger partial charge in [0.15, 0.2) is 0 Å². The fourth-order valence-corrected chi connectivity index (χ4v) is 4.26. The Balaban J connectivity index is 1.78. The van der Waals surface area contributed by atoms with Gasteiger partial charge in [0.05, 0.1) is 10.2 Å². The van der Waals surface area contributed by atoms with Crippen molar-refractivity contribution in [3.63, 3.8) is 0 Å². The van der Waals surface area contributed by atoms with Crippen LogP contribution in [0.4, 0.5) is 0 Å². The van der Waals surface area contributed by atoms with Gasteiger partial charge in [0.25, 0.3) is 0 Å². The summed E-state index contributed by atoms with van der Waals surface area (Å²) in [6.45, 7) is 0. The van der Waals surface area contributed by atoms with Crippen LogP contribution >= 0.6 is 11.3 Å². The van der Waals surface area contributed by atoms with Gasteiger partial charge in [0, 0.05) is 16.5 Å². The van der Waals surface area contributed by atoms with Crippen molar-refractivity contribution >= 4 is 49.4 Å². The minimum atomic E-state index is -0.161. The summed E-state index contributed by atoms with van der Waals surface area (Å²) >= 11 is 1.44. The highest BCUT2D eigenvalue weighted by Gasteiger charge is 2.32. The van der Waals surface area contributed by atoms with E-state index in [0.29, 0.717) is 21.7 Å². The molecule has 1 aromatic heterocycles. The molecular weight excluding hydrogens is 318 g/mol. The van der Waals surface area contributed by atoms with Crippen molar-refractivity contribution in [3.8, 4) is 0 Å². The minimum absolute atomic E-state index is 0.0268. The predicted molar refractivity (Wildman–Crippen MR) is 97.3 cm³/mol. The maximum atomic E-state index is 12.7. The highest BCUT2D eigenvalue weighted by atomic mass is 32.1. The Bertz CT molecular complexity index is 1190. The average Bonchev–Trinajstić information content (AvgIpc) is 3.15. The van der Waals surface area contributed by atoms with Crippen LogP contribution in [0, 0.1) is 0 Å². The van der Waals surface area contributed by atoms with E-state index in [9.17, 15) is 9.90 Å². The van der Waals surface area contributed by atoms with Crippen LogP contribution in [0.15, 0.2) is 60.7 Å². The lowest BCUT2D eigenvalue weighted by Gasteiger charge is -1.97. The molecule has 114 valence electrons. The second kappa shape index (κ2) is 4.76. The summed E-state index contributed by atoms with van der Waals surface area (Å²) in [5.41, 5.74) is 2.30. The lowest BCUT2D eigenvalue weighted by molar-refractivity contribution is 0.105. The predicted octanol–water partition coefficient (Wildman–Crippen LogP) is 5.07. The second-order valence-corrected chi connectivity index (χ2v) is 6.78. The molecule has 3 nitrogen and oxygen atoms in total. The zero-order valence-electron chi connectivity index (χ0n) is 12.5. The molecule has 24 heavy (non-hydrogen) atoms. The van der Waals surface area contributed by atoms with Gasteiger partial charge in [-0.3, -0.25) is 4.79 Å². The maximum Gasteiger partial charge on any atom is 0.200 e. The van der Waals surface area contributed by atoms with Crippen molar-refractivity contribution in [2.24, 2.45) is 0 Å². The van der Waals surface area contributed by atoms with E-state index in [1.165, 1.54) is 11.3 Å². The van der Waals surface area contributed by atoms with Crippen LogP contribution in [0.2, 0.25) is 0 Å². The van der Waals surface area contributed by atoms with Crippen LogP contribution in [0.5, 0.6) is 0 Å². The molecule has 0 saturated heterocycles. The number of rotatable bonds is 1. The topological polar surface area (TPSA) is 50.2 Å². The number of fused-ring (bicyclic) bond motifs is 4. The number of Topliss-reactive ketones (excluding diaryl/α,β-unsaturated/α-hetero) is 1. The molecule has 5 rings (SSSR count). The van der Waals surface area contributed by atoms with Gasteiger partial charge in [-0.25, -0.2) is 4.98 Å². The largest absolute Gasteiger partial charge is 0.506 e. The van der Waals surface area contributed by atoms with Crippen molar-refractivity contribution in [3.05, 3.63) is 76.8 Å². The maximum absolute atomic E-state index is 12.7. The number of hydrogen-bond donors (Lipinski definition) is 1. The van der Waals surface area contributed by atoms with E-state index in [4.69, 9.17) is 0 Å². The number of ketones is 1. The highest BCUT2D eigenvalue weighted by Crippen LogP contribution is 2.40. The molecule has 1 aliphatic carbocycles. The molecule has 0 aliphatic heterocycles. The molecule has 0 fully saturated rings. The van der Waals surface area contributed by atoms with Crippen LogP contribution in [0.25, 0.3) is 32.3 Å². The fraction of sp³-hybridized carbons (Fsp3) is 0. The first kappa shape index (κ1) is 13.5. The van der Waals surface area contributed by atoms with Crippen molar-refractivity contribution in [2.75, 3.05) is 0 Å². The fourth-order valence-electron chi connectivity index (χ4n) is 3.23. The van der Waals surface area contributed by atoms with Crippen molar-refractivity contribution in [1.29, 1.82) is 0 Å². The molecule has 3 aromatic carbocycles. The number of carbonyl (C=O) groups excluding carboxylic acids is 1. The Morgan fingerprint density at radius 2 is 1.62 bits per heavy atom. The number of carbonyl (C=O) groups is 1. The number of hydrogen-bond acceptors (Lipinski definition) is 4. The molecule has 4 heteroatoms. The molecule has 1 heterocycles. The van der Waals surface area contributed by atoms with Crippen molar-refractivity contribution < 1.29 is 9.90 Å². The zero-order chi connectivity index (χ0) is 16.3. The minimum Gasteiger partial charge on any atom is -0.506 e. The Hall–Kier alpha value is -2.98. The molecule has 0 saturated carbocycles. The Kier molecular flexibility index (Phi) is 2.67. The molecule has 1 aliphatic rings. The Morgan fingerprint density at radius 3 is 2.46 bits per heavy atom. The van der Waals surface area contributed by atoms with E-state index >= 15 is 0 Å². The molecule has 0 spiro atoms. The van der Waals surface area contributed by atoms with Gasteiger partial charge in [-0.05, 0) is 11.5 Å². The summed E-state index contributed by atoms with van der Waals surface area (Å²) in [7, 11) is 0. The average molecular weight is 329 g/mol. The third-order valence-corrected chi connectivity index (χ3v) is 5.43. The molecule has 0 amide bonds. The number of aliphatic hydroxyl groups is 1. The highest BCUT2D eigenvalue weighted by molar-refractivity contribution is 7.20. The number of thiazole rings is 1. The van der Waals surface area contributed by atoms with Crippen molar-refractivity contribution in [1.82, 2.24) is 4.98 Å². The molecule has 0 atom stereocenters. The summed E-state index contributed by atoms with van der Waals surface area (Å²) < 4.78 is 1.01. The monoisotopic (exact) mass is 329 g/mol. The number of benzene rings is 3. The van der Waals surface area contributed by atoms with Gasteiger partial charge in [-0.15, -0.1) is 11.3 Å². The van der Waals surface area contributed by atoms with Gasteiger partial charge < -0.3 is 5.11 Å². The first-order chi connectivity index (χ1) is 11.7. The lowest BCUT2D eigenvalue weighted by atomic mass is 10.1. The van der Waals surface area contributed by atoms with Crippen LogP contribution in [-0.4, -0.2) is 15.9 Å². The SMILES string of the molecule is O=C1C(c2nc3c(ccc4ccccc43)s2)=C(O)c2ccccc21. The van der Waals surface area contributed by atoms with Gasteiger partial charge in [-0.2, -0.15) is 0 Å². The first-order valence-electron chi connectivity index (χ1n) is 7.60. The van der Waals surface area contributed by atoms with E-state index in [-0.39, 0.29) is 11.5 Å². The summed E-state index contributed by atoms with van der Waals surface area (Å²) in [4.78, 5) is 17.4.